The molecule has 0 aliphatic carbocycles. The molecule has 5 heteroatoms. The van der Waals surface area contributed by atoms with Gasteiger partial charge in [-0.2, -0.15) is 0 Å². The van der Waals surface area contributed by atoms with Gasteiger partial charge in [0.1, 0.15) is 6.10 Å². The van der Waals surface area contributed by atoms with Crippen molar-refractivity contribution in [2.45, 2.75) is 32.0 Å². The van der Waals surface area contributed by atoms with Crippen LogP contribution < -0.4 is 5.32 Å². The fraction of sp³-hybridized carbons (Fsp3) is 0.333. The summed E-state index contributed by atoms with van der Waals surface area (Å²) in [4.78, 5) is 22.5. The van der Waals surface area contributed by atoms with Gasteiger partial charge in [0.05, 0.1) is 6.10 Å². The van der Waals surface area contributed by atoms with Crippen LogP contribution in [-0.2, 0) is 14.3 Å². The molecule has 106 valence electrons. The molecule has 1 aliphatic rings. The quantitative estimate of drug-likeness (QED) is 0.827. The molecule has 5 nitrogen and oxygen atoms in total. The zero-order valence-electron chi connectivity index (χ0n) is 11.2. The van der Waals surface area contributed by atoms with Gasteiger partial charge >= 0.3 is 5.97 Å². The number of amides is 1. The number of anilines is 1. The van der Waals surface area contributed by atoms with Crippen LogP contribution in [0, 0.1) is 0 Å². The predicted molar refractivity (Wildman–Crippen MR) is 75.3 cm³/mol. The summed E-state index contributed by atoms with van der Waals surface area (Å²) in [5.74, 6) is -1.17. The Kier molecular flexibility index (Phi) is 4.53. The highest BCUT2D eigenvalue weighted by atomic mass is 16.5. The molecule has 0 bridgehead atoms. The standard InChI is InChI=1S/C15H17NO4/c1-10-5-7-13(20-10)15(19)16-12-4-2-3-11(9-12)6-8-14(17)18/h2-4,6,8-10,13H,5,7H2,1H3,(H,16,19)(H,17,18)/b8-6+. The molecule has 1 aromatic rings. The molecule has 1 aliphatic heterocycles. The van der Waals surface area contributed by atoms with Gasteiger partial charge in [-0.15, -0.1) is 0 Å². The number of ether oxygens (including phenoxy) is 1. The third-order valence-corrected chi connectivity index (χ3v) is 3.10. The predicted octanol–water partition coefficient (Wildman–Crippen LogP) is 2.29. The third kappa shape index (κ3) is 3.93. The maximum atomic E-state index is 12.0. The molecule has 2 rings (SSSR count). The Morgan fingerprint density at radius 2 is 2.20 bits per heavy atom. The summed E-state index contributed by atoms with van der Waals surface area (Å²) in [6.07, 6.45) is 3.87. The number of carbonyl (C=O) groups is 2. The molecule has 20 heavy (non-hydrogen) atoms. The topological polar surface area (TPSA) is 75.6 Å². The molecule has 2 atom stereocenters. The lowest BCUT2D eigenvalue weighted by atomic mass is 10.1. The summed E-state index contributed by atoms with van der Waals surface area (Å²) in [5.41, 5.74) is 1.34. The fourth-order valence-electron chi connectivity index (χ4n) is 2.11. The minimum Gasteiger partial charge on any atom is -0.478 e. The van der Waals surface area contributed by atoms with E-state index in [-0.39, 0.29) is 12.0 Å². The molecule has 0 saturated carbocycles. The van der Waals surface area contributed by atoms with Crippen molar-refractivity contribution in [2.75, 3.05) is 5.32 Å². The normalized spacial score (nSPS) is 22.1. The van der Waals surface area contributed by atoms with E-state index in [0.717, 1.165) is 18.9 Å². The zero-order valence-corrected chi connectivity index (χ0v) is 11.2. The molecule has 0 radical (unpaired) electrons. The van der Waals surface area contributed by atoms with E-state index in [1.54, 1.807) is 24.3 Å². The molecule has 1 heterocycles. The second-order valence-corrected chi connectivity index (χ2v) is 4.80. The van der Waals surface area contributed by atoms with Gasteiger partial charge in [-0.25, -0.2) is 4.79 Å². The monoisotopic (exact) mass is 275 g/mol. The lowest BCUT2D eigenvalue weighted by molar-refractivity contribution is -0.131. The SMILES string of the molecule is CC1CCC(C(=O)Nc2cccc(/C=C/C(=O)O)c2)O1. The number of carboxylic acids is 1. The number of rotatable bonds is 4. The van der Waals surface area contributed by atoms with Crippen LogP contribution in [0.1, 0.15) is 25.3 Å². The van der Waals surface area contributed by atoms with Crippen LogP contribution in [0.5, 0.6) is 0 Å². The van der Waals surface area contributed by atoms with E-state index in [1.165, 1.54) is 6.08 Å². The second-order valence-electron chi connectivity index (χ2n) is 4.80. The molecule has 2 N–H and O–H groups in total. The lowest BCUT2D eigenvalue weighted by Crippen LogP contribution is -2.27. The van der Waals surface area contributed by atoms with Crippen molar-refractivity contribution < 1.29 is 19.4 Å². The van der Waals surface area contributed by atoms with Crippen molar-refractivity contribution in [1.29, 1.82) is 0 Å². The van der Waals surface area contributed by atoms with E-state index in [9.17, 15) is 9.59 Å². The maximum absolute atomic E-state index is 12.0. The van der Waals surface area contributed by atoms with Crippen LogP contribution in [0.4, 0.5) is 5.69 Å². The van der Waals surface area contributed by atoms with Crippen molar-refractivity contribution in [3.63, 3.8) is 0 Å². The van der Waals surface area contributed by atoms with Gasteiger partial charge in [0, 0.05) is 11.8 Å². The van der Waals surface area contributed by atoms with Crippen LogP contribution in [0.3, 0.4) is 0 Å². The minimum absolute atomic E-state index is 0.121. The van der Waals surface area contributed by atoms with E-state index in [0.29, 0.717) is 11.3 Å². The number of aliphatic carboxylic acids is 1. The van der Waals surface area contributed by atoms with Crippen LogP contribution in [0.2, 0.25) is 0 Å². The summed E-state index contributed by atoms with van der Waals surface area (Å²) in [7, 11) is 0. The van der Waals surface area contributed by atoms with E-state index < -0.39 is 12.1 Å². The molecule has 1 fully saturated rings. The van der Waals surface area contributed by atoms with Gasteiger partial charge in [-0.05, 0) is 43.5 Å². The van der Waals surface area contributed by atoms with Gasteiger partial charge in [0.15, 0.2) is 0 Å². The van der Waals surface area contributed by atoms with Gasteiger partial charge in [-0.3, -0.25) is 4.79 Å². The molecule has 1 amide bonds. The van der Waals surface area contributed by atoms with Crippen LogP contribution in [0.25, 0.3) is 6.08 Å². The molecule has 1 saturated heterocycles. The van der Waals surface area contributed by atoms with Crippen LogP contribution in [-0.4, -0.2) is 29.2 Å². The summed E-state index contributed by atoms with van der Waals surface area (Å²) in [5, 5.41) is 11.4. The molecule has 0 aromatic heterocycles. The van der Waals surface area contributed by atoms with Crippen molar-refractivity contribution in [3.8, 4) is 0 Å². The van der Waals surface area contributed by atoms with E-state index in [4.69, 9.17) is 9.84 Å². The third-order valence-electron chi connectivity index (χ3n) is 3.10. The molecule has 0 spiro atoms. The van der Waals surface area contributed by atoms with Gasteiger partial charge in [0.25, 0.3) is 5.91 Å². The first kappa shape index (κ1) is 14.3. The first-order chi connectivity index (χ1) is 9.54. The summed E-state index contributed by atoms with van der Waals surface area (Å²) in [6, 6.07) is 7.00. The summed E-state index contributed by atoms with van der Waals surface area (Å²) < 4.78 is 5.50. The molecule has 2 unspecified atom stereocenters. The molecular formula is C15H17NO4. The Labute approximate surface area is 117 Å². The number of hydrogen-bond donors (Lipinski definition) is 2. The summed E-state index contributed by atoms with van der Waals surface area (Å²) in [6.45, 7) is 1.95. The fourth-order valence-corrected chi connectivity index (χ4v) is 2.11. The minimum atomic E-state index is -1.01. The van der Waals surface area contributed by atoms with Crippen LogP contribution in [0.15, 0.2) is 30.3 Å². The Balaban J connectivity index is 2.00. The van der Waals surface area contributed by atoms with Gasteiger partial charge < -0.3 is 15.2 Å². The number of carbonyl (C=O) groups excluding carboxylic acids is 1. The Bertz CT molecular complexity index is 538. The highest BCUT2D eigenvalue weighted by molar-refractivity contribution is 5.94. The number of nitrogens with one attached hydrogen (secondary N) is 1. The van der Waals surface area contributed by atoms with Crippen molar-refractivity contribution >= 4 is 23.6 Å². The van der Waals surface area contributed by atoms with Gasteiger partial charge in [-0.1, -0.05) is 12.1 Å². The van der Waals surface area contributed by atoms with Crippen molar-refractivity contribution in [1.82, 2.24) is 0 Å². The highest BCUT2D eigenvalue weighted by Crippen LogP contribution is 2.21. The van der Waals surface area contributed by atoms with Crippen molar-refractivity contribution in [2.24, 2.45) is 0 Å². The average Bonchev–Trinajstić information content (AvgIpc) is 2.84. The largest absolute Gasteiger partial charge is 0.478 e. The Morgan fingerprint density at radius 1 is 1.40 bits per heavy atom. The highest BCUT2D eigenvalue weighted by Gasteiger charge is 2.28. The number of hydrogen-bond acceptors (Lipinski definition) is 3. The van der Waals surface area contributed by atoms with Crippen molar-refractivity contribution in [3.05, 3.63) is 35.9 Å². The summed E-state index contributed by atoms with van der Waals surface area (Å²) >= 11 is 0. The Morgan fingerprint density at radius 3 is 2.85 bits per heavy atom. The molecule has 1 aromatic carbocycles. The number of benzene rings is 1. The molecular weight excluding hydrogens is 258 g/mol. The van der Waals surface area contributed by atoms with E-state index >= 15 is 0 Å². The first-order valence-electron chi connectivity index (χ1n) is 6.52. The first-order valence-corrected chi connectivity index (χ1v) is 6.52. The number of carboxylic acid groups (broad SMARTS) is 1. The lowest BCUT2D eigenvalue weighted by Gasteiger charge is -2.12. The smallest absolute Gasteiger partial charge is 0.328 e. The van der Waals surface area contributed by atoms with E-state index in [2.05, 4.69) is 5.32 Å². The zero-order chi connectivity index (χ0) is 14.5. The van der Waals surface area contributed by atoms with E-state index in [1.807, 2.05) is 6.92 Å². The van der Waals surface area contributed by atoms with Crippen LogP contribution >= 0.6 is 0 Å². The Hall–Kier alpha value is -2.14. The maximum Gasteiger partial charge on any atom is 0.328 e. The van der Waals surface area contributed by atoms with Gasteiger partial charge in [0.2, 0.25) is 0 Å². The second kappa shape index (κ2) is 6.34. The average molecular weight is 275 g/mol.